The molecule has 6 nitrogen and oxygen atoms in total. The first kappa shape index (κ1) is 11.7. The number of hydrogen-bond acceptors (Lipinski definition) is 4. The molecule has 0 aliphatic rings. The molecule has 1 rings (SSSR count). The zero-order chi connectivity index (χ0) is 12.1. The van der Waals surface area contributed by atoms with Crippen molar-refractivity contribution in [3.05, 3.63) is 40.0 Å². The average molecular weight is 223 g/mol. The molecule has 0 saturated carbocycles. The number of nitrogens with zero attached hydrogens (tertiary/aromatic N) is 1. The summed E-state index contributed by atoms with van der Waals surface area (Å²) in [7, 11) is 1.42. The first-order chi connectivity index (χ1) is 7.54. The third-order valence-corrected chi connectivity index (χ3v) is 1.84. The number of methoxy groups -OCH3 is 1. The van der Waals surface area contributed by atoms with Gasteiger partial charge in [-0.15, -0.1) is 0 Å². The minimum absolute atomic E-state index is 0.168. The van der Waals surface area contributed by atoms with Gasteiger partial charge in [0.15, 0.2) is 0 Å². The zero-order valence-electron chi connectivity index (χ0n) is 8.41. The minimum atomic E-state index is -1.17. The molecule has 1 aromatic carbocycles. The molecule has 0 aromatic heterocycles. The average Bonchev–Trinajstić information content (AvgIpc) is 2.25. The second-order valence-electron chi connectivity index (χ2n) is 2.85. The summed E-state index contributed by atoms with van der Waals surface area (Å²) in [6, 6.07) is 4.11. The fourth-order valence-electron chi connectivity index (χ4n) is 1.12. The van der Waals surface area contributed by atoms with Gasteiger partial charge in [-0.25, -0.2) is 4.79 Å². The molecule has 16 heavy (non-hydrogen) atoms. The summed E-state index contributed by atoms with van der Waals surface area (Å²) in [5.41, 5.74) is 0.0186. The molecule has 0 aliphatic carbocycles. The number of benzene rings is 1. The van der Waals surface area contributed by atoms with Gasteiger partial charge in [0.2, 0.25) is 0 Å². The first-order valence-electron chi connectivity index (χ1n) is 4.28. The van der Waals surface area contributed by atoms with Gasteiger partial charge in [0.05, 0.1) is 17.6 Å². The van der Waals surface area contributed by atoms with E-state index in [-0.39, 0.29) is 11.3 Å². The lowest BCUT2D eigenvalue weighted by molar-refractivity contribution is -0.385. The summed E-state index contributed by atoms with van der Waals surface area (Å²) in [5.74, 6) is -0.743. The Morgan fingerprint density at radius 1 is 1.56 bits per heavy atom. The lowest BCUT2D eigenvalue weighted by Gasteiger charge is -2.01. The highest BCUT2D eigenvalue weighted by atomic mass is 16.6. The highest BCUT2D eigenvalue weighted by Gasteiger charge is 2.12. The lowest BCUT2D eigenvalue weighted by atomic mass is 10.1. The van der Waals surface area contributed by atoms with Crippen LogP contribution in [0.15, 0.2) is 24.3 Å². The molecule has 1 aromatic rings. The molecule has 0 amide bonds. The number of ether oxygens (including phenoxy) is 1. The van der Waals surface area contributed by atoms with Crippen LogP contribution in [-0.2, 0) is 4.79 Å². The highest BCUT2D eigenvalue weighted by Crippen LogP contribution is 2.24. The van der Waals surface area contributed by atoms with E-state index in [1.165, 1.54) is 25.3 Å². The van der Waals surface area contributed by atoms with Gasteiger partial charge in [0, 0.05) is 12.1 Å². The molecule has 0 saturated heterocycles. The van der Waals surface area contributed by atoms with Crippen molar-refractivity contribution < 1.29 is 19.6 Å². The second kappa shape index (κ2) is 4.92. The molecule has 0 unspecified atom stereocenters. The summed E-state index contributed by atoms with van der Waals surface area (Å²) in [6.45, 7) is 0. The van der Waals surface area contributed by atoms with E-state index in [0.29, 0.717) is 5.75 Å². The van der Waals surface area contributed by atoms with Gasteiger partial charge in [0.25, 0.3) is 5.69 Å². The molecule has 0 fully saturated rings. The predicted octanol–water partition coefficient (Wildman–Crippen LogP) is 1.70. The fourth-order valence-corrected chi connectivity index (χ4v) is 1.12. The maximum absolute atomic E-state index is 10.6. The van der Waals surface area contributed by atoms with Crippen molar-refractivity contribution >= 4 is 17.7 Å². The Morgan fingerprint density at radius 3 is 2.75 bits per heavy atom. The van der Waals surface area contributed by atoms with E-state index in [9.17, 15) is 14.9 Å². The number of hydrogen-bond donors (Lipinski definition) is 1. The van der Waals surface area contributed by atoms with E-state index < -0.39 is 10.9 Å². The van der Waals surface area contributed by atoms with Crippen molar-refractivity contribution in [2.45, 2.75) is 0 Å². The smallest absolute Gasteiger partial charge is 0.328 e. The van der Waals surface area contributed by atoms with E-state index in [0.717, 1.165) is 12.2 Å². The molecule has 6 heteroatoms. The quantitative estimate of drug-likeness (QED) is 0.476. The van der Waals surface area contributed by atoms with Gasteiger partial charge in [-0.05, 0) is 18.2 Å². The number of carboxylic acids is 1. The minimum Gasteiger partial charge on any atom is -0.497 e. The Hall–Kier alpha value is -2.37. The largest absolute Gasteiger partial charge is 0.497 e. The Bertz CT molecular complexity index is 453. The molecular weight excluding hydrogens is 214 g/mol. The summed E-state index contributed by atoms with van der Waals surface area (Å²) in [6.07, 6.45) is 1.99. The van der Waals surface area contributed by atoms with Crippen LogP contribution >= 0.6 is 0 Å². The lowest BCUT2D eigenvalue weighted by Crippen LogP contribution is -1.93. The maximum atomic E-state index is 10.6. The first-order valence-corrected chi connectivity index (χ1v) is 4.28. The summed E-state index contributed by atoms with van der Waals surface area (Å²) >= 11 is 0. The van der Waals surface area contributed by atoms with Crippen LogP contribution in [0.3, 0.4) is 0 Å². The van der Waals surface area contributed by atoms with Gasteiger partial charge < -0.3 is 9.84 Å². The number of carboxylic acid groups (broad SMARTS) is 1. The predicted molar refractivity (Wildman–Crippen MR) is 56.3 cm³/mol. The van der Waals surface area contributed by atoms with Crippen LogP contribution in [-0.4, -0.2) is 23.1 Å². The summed E-state index contributed by atoms with van der Waals surface area (Å²) < 4.78 is 4.89. The van der Waals surface area contributed by atoms with E-state index in [1.54, 1.807) is 0 Å². The molecule has 84 valence electrons. The van der Waals surface area contributed by atoms with Gasteiger partial charge in [-0.2, -0.15) is 0 Å². The van der Waals surface area contributed by atoms with E-state index in [1.807, 2.05) is 0 Å². The van der Waals surface area contributed by atoms with Gasteiger partial charge >= 0.3 is 5.97 Å². The third-order valence-electron chi connectivity index (χ3n) is 1.84. The molecule has 0 heterocycles. The van der Waals surface area contributed by atoms with Crippen molar-refractivity contribution in [3.63, 3.8) is 0 Å². The molecule has 0 aliphatic heterocycles. The van der Waals surface area contributed by atoms with Crippen LogP contribution in [0.25, 0.3) is 6.08 Å². The normalized spacial score (nSPS) is 10.3. The van der Waals surface area contributed by atoms with Crippen molar-refractivity contribution in [1.82, 2.24) is 0 Å². The number of nitro groups is 1. The fraction of sp³-hybridized carbons (Fsp3) is 0.100. The number of carbonyl (C=O) groups is 1. The molecule has 0 bridgehead atoms. The molecule has 1 N–H and O–H groups in total. The third kappa shape index (κ3) is 2.81. The van der Waals surface area contributed by atoms with Crippen LogP contribution in [0.5, 0.6) is 5.75 Å². The maximum Gasteiger partial charge on any atom is 0.328 e. The zero-order valence-corrected chi connectivity index (χ0v) is 8.41. The highest BCUT2D eigenvalue weighted by molar-refractivity contribution is 5.86. The Labute approximate surface area is 90.9 Å². The van der Waals surface area contributed by atoms with Crippen LogP contribution in [0, 0.1) is 10.1 Å². The van der Waals surface area contributed by atoms with E-state index >= 15 is 0 Å². The van der Waals surface area contributed by atoms with Crippen molar-refractivity contribution in [1.29, 1.82) is 0 Å². The Morgan fingerprint density at radius 2 is 2.25 bits per heavy atom. The SMILES string of the molecule is COc1ccc([N+](=O)[O-])c(/C=C/C(=O)O)c1. The number of aliphatic carboxylic acids is 1. The Balaban J connectivity index is 3.20. The van der Waals surface area contributed by atoms with Gasteiger partial charge in [-0.1, -0.05) is 0 Å². The summed E-state index contributed by atoms with van der Waals surface area (Å²) in [4.78, 5) is 20.4. The number of rotatable bonds is 4. The molecule has 0 radical (unpaired) electrons. The van der Waals surface area contributed by atoms with E-state index in [2.05, 4.69) is 0 Å². The van der Waals surface area contributed by atoms with Crippen molar-refractivity contribution in [2.75, 3.05) is 7.11 Å². The van der Waals surface area contributed by atoms with Crippen molar-refractivity contribution in [3.8, 4) is 5.75 Å². The van der Waals surface area contributed by atoms with Crippen LogP contribution < -0.4 is 4.74 Å². The molecule has 0 spiro atoms. The molecular formula is C10H9NO5. The molecule has 0 atom stereocenters. The van der Waals surface area contributed by atoms with Gasteiger partial charge in [0.1, 0.15) is 5.75 Å². The monoisotopic (exact) mass is 223 g/mol. The van der Waals surface area contributed by atoms with Crippen LogP contribution in [0.4, 0.5) is 5.69 Å². The van der Waals surface area contributed by atoms with Crippen molar-refractivity contribution in [2.24, 2.45) is 0 Å². The van der Waals surface area contributed by atoms with Gasteiger partial charge in [-0.3, -0.25) is 10.1 Å². The standard InChI is InChI=1S/C10H9NO5/c1-16-8-3-4-9(11(14)15)7(6-8)2-5-10(12)13/h2-6H,1H3,(H,12,13)/b5-2+. The topological polar surface area (TPSA) is 89.7 Å². The van der Waals surface area contributed by atoms with Crippen LogP contribution in [0.1, 0.15) is 5.56 Å². The second-order valence-corrected chi connectivity index (χ2v) is 2.85. The Kier molecular flexibility index (Phi) is 3.60. The van der Waals surface area contributed by atoms with Crippen LogP contribution in [0.2, 0.25) is 0 Å². The number of nitro benzene ring substituents is 1. The van der Waals surface area contributed by atoms with E-state index in [4.69, 9.17) is 9.84 Å². The summed E-state index contributed by atoms with van der Waals surface area (Å²) in [5, 5.41) is 19.1.